The molecule has 1 aliphatic heterocycles. The van der Waals surface area contributed by atoms with Gasteiger partial charge in [0.25, 0.3) is 10.1 Å². The van der Waals surface area contributed by atoms with E-state index in [1.54, 1.807) is 0 Å². The van der Waals surface area contributed by atoms with E-state index in [0.29, 0.717) is 0 Å². The molecule has 0 radical (unpaired) electrons. The molecule has 0 atom stereocenters. The van der Waals surface area contributed by atoms with Gasteiger partial charge in [0.2, 0.25) is 0 Å². The molecular weight excluding hydrogens is 372 g/mol. The maximum absolute atomic E-state index is 11.9. The smallest absolute Gasteiger partial charge is 0.340 e. The zero-order valence-corrected chi connectivity index (χ0v) is 13.7. The highest BCUT2D eigenvalue weighted by molar-refractivity contribution is 7.88. The van der Waals surface area contributed by atoms with Crippen molar-refractivity contribution in [3.05, 3.63) is 24.3 Å². The maximum atomic E-state index is 11.9. The van der Waals surface area contributed by atoms with Gasteiger partial charge in [0.1, 0.15) is 9.79 Å². The first-order chi connectivity index (χ1) is 10.4. The van der Waals surface area contributed by atoms with Crippen molar-refractivity contribution in [1.29, 1.82) is 0 Å². The molecule has 0 bridgehead atoms. The molecule has 0 aromatic heterocycles. The highest BCUT2D eigenvalue weighted by atomic mass is 32.2. The van der Waals surface area contributed by atoms with Crippen LogP contribution in [0.2, 0.25) is 0 Å². The lowest BCUT2D eigenvalue weighted by molar-refractivity contribution is 0.481. The van der Waals surface area contributed by atoms with E-state index < -0.39 is 46.4 Å². The van der Waals surface area contributed by atoms with Crippen LogP contribution in [0.25, 0.3) is 10.8 Å². The van der Waals surface area contributed by atoms with Crippen LogP contribution in [0, 0.1) is 0 Å². The van der Waals surface area contributed by atoms with Gasteiger partial charge >= 0.3 is 20.2 Å². The van der Waals surface area contributed by atoms with Crippen molar-refractivity contribution >= 4 is 41.1 Å². The second-order valence-electron chi connectivity index (χ2n) is 4.67. The molecule has 23 heavy (non-hydrogen) atoms. The topological polar surface area (TPSA) is 141 Å². The molecule has 0 saturated heterocycles. The summed E-state index contributed by atoms with van der Waals surface area (Å²) in [5, 5.41) is -0.574. The Morgan fingerprint density at radius 1 is 1.04 bits per heavy atom. The van der Waals surface area contributed by atoms with Gasteiger partial charge in [-0.3, -0.25) is 4.55 Å². The largest absolute Gasteiger partial charge is 0.382 e. The van der Waals surface area contributed by atoms with Gasteiger partial charge in [-0.05, 0) is 24.3 Å². The number of benzene rings is 2. The molecule has 1 heterocycles. The summed E-state index contributed by atoms with van der Waals surface area (Å²) in [5.74, 6) is -0.636. The predicted molar refractivity (Wildman–Crippen MR) is 77.0 cm³/mol. The van der Waals surface area contributed by atoms with Crippen LogP contribution in [0.4, 0.5) is 0 Å². The van der Waals surface area contributed by atoms with Gasteiger partial charge in [0.15, 0.2) is 11.5 Å². The molecule has 0 amide bonds. The van der Waals surface area contributed by atoms with Crippen LogP contribution in [-0.4, -0.2) is 36.1 Å². The van der Waals surface area contributed by atoms with E-state index >= 15 is 0 Å². The van der Waals surface area contributed by atoms with Crippen molar-refractivity contribution in [2.45, 2.75) is 9.79 Å². The van der Waals surface area contributed by atoms with Crippen molar-refractivity contribution in [2.75, 3.05) is 6.26 Å². The lowest BCUT2D eigenvalue weighted by Crippen LogP contribution is -2.08. The van der Waals surface area contributed by atoms with E-state index in [4.69, 9.17) is 8.37 Å². The Balaban J connectivity index is 2.55. The average Bonchev–Trinajstić information content (AvgIpc) is 2.61. The lowest BCUT2D eigenvalue weighted by atomic mass is 10.1. The quantitative estimate of drug-likeness (QED) is 0.595. The summed E-state index contributed by atoms with van der Waals surface area (Å²) in [7, 11) is -13.0. The Bertz CT molecular complexity index is 1160. The summed E-state index contributed by atoms with van der Waals surface area (Å²) in [4.78, 5) is -1.05. The fourth-order valence-corrected chi connectivity index (χ4v) is 4.58. The Labute approximate surface area is 131 Å². The van der Waals surface area contributed by atoms with Crippen molar-refractivity contribution in [2.24, 2.45) is 0 Å². The van der Waals surface area contributed by atoms with Crippen molar-refractivity contribution in [1.82, 2.24) is 0 Å². The first-order valence-electron chi connectivity index (χ1n) is 5.81. The molecule has 0 aliphatic carbocycles. The molecule has 12 heteroatoms. The van der Waals surface area contributed by atoms with Crippen LogP contribution in [0.3, 0.4) is 0 Å². The molecule has 2 aromatic carbocycles. The molecule has 2 aromatic rings. The van der Waals surface area contributed by atoms with E-state index in [-0.39, 0.29) is 16.0 Å². The highest BCUT2D eigenvalue weighted by Crippen LogP contribution is 2.46. The minimum Gasteiger partial charge on any atom is -0.382 e. The van der Waals surface area contributed by atoms with E-state index in [0.717, 1.165) is 30.5 Å². The third-order valence-electron chi connectivity index (χ3n) is 3.00. The van der Waals surface area contributed by atoms with Gasteiger partial charge in [-0.25, -0.2) is 0 Å². The number of rotatable bonds is 3. The van der Waals surface area contributed by atoms with E-state index in [9.17, 15) is 29.8 Å². The minimum absolute atomic E-state index is 0.179. The van der Waals surface area contributed by atoms with Gasteiger partial charge in [0, 0.05) is 0 Å². The van der Waals surface area contributed by atoms with Crippen LogP contribution in [0.5, 0.6) is 11.5 Å². The van der Waals surface area contributed by atoms with Gasteiger partial charge in [-0.1, -0.05) is 0 Å². The molecule has 3 rings (SSSR count). The Kier molecular flexibility index (Phi) is 3.17. The zero-order valence-electron chi connectivity index (χ0n) is 11.2. The fourth-order valence-electron chi connectivity index (χ4n) is 2.26. The van der Waals surface area contributed by atoms with Gasteiger partial charge in [-0.2, -0.15) is 25.3 Å². The summed E-state index contributed by atoms with van der Waals surface area (Å²) < 4.78 is 88.3. The zero-order chi connectivity index (χ0) is 17.2. The average molecular weight is 380 g/mol. The molecule has 9 nitrogen and oxygen atoms in total. The summed E-state index contributed by atoms with van der Waals surface area (Å²) in [6.45, 7) is 0. The van der Waals surface area contributed by atoms with Gasteiger partial charge < -0.3 is 8.37 Å². The van der Waals surface area contributed by atoms with Gasteiger partial charge in [-0.15, -0.1) is 0 Å². The van der Waals surface area contributed by atoms with Gasteiger partial charge in [0.05, 0.1) is 17.0 Å². The first-order valence-corrected chi connectivity index (χ1v) is 10.5. The predicted octanol–water partition coefficient (Wildman–Crippen LogP) is 0.506. The summed E-state index contributed by atoms with van der Waals surface area (Å²) >= 11 is 0. The second-order valence-corrected chi connectivity index (χ2v) is 9.15. The van der Waals surface area contributed by atoms with E-state index in [1.807, 2.05) is 0 Å². The summed E-state index contributed by atoms with van der Waals surface area (Å²) in [5.41, 5.74) is 0. The van der Waals surface area contributed by atoms with Crippen LogP contribution in [-0.2, 0) is 30.4 Å². The number of hydrogen-bond donors (Lipinski definition) is 1. The minimum atomic E-state index is -4.78. The van der Waals surface area contributed by atoms with Crippen LogP contribution in [0.1, 0.15) is 0 Å². The fraction of sp³-hybridized carbons (Fsp3) is 0.0909. The molecule has 124 valence electrons. The maximum Gasteiger partial charge on any atom is 0.340 e. The molecule has 1 aliphatic rings. The molecular formula is C11H8O9S3. The highest BCUT2D eigenvalue weighted by Gasteiger charge is 2.34. The van der Waals surface area contributed by atoms with Crippen LogP contribution >= 0.6 is 0 Å². The number of hydrogen-bond acceptors (Lipinski definition) is 8. The third-order valence-corrected chi connectivity index (χ3v) is 5.65. The Hall–Kier alpha value is -1.89. The van der Waals surface area contributed by atoms with Crippen LogP contribution in [0.15, 0.2) is 34.1 Å². The Morgan fingerprint density at radius 3 is 2.26 bits per heavy atom. The standard InChI is InChI=1S/C11H8O9S3/c1-21(12,13)19-6-3-5-9-11-7(20-23(9,17)18)2-4-8(10(6)11)22(14,15)16/h2-5H,1H3,(H,14,15,16). The van der Waals surface area contributed by atoms with E-state index in [1.165, 1.54) is 0 Å². The SMILES string of the molecule is CS(=O)(=O)Oc1ccc2c3c(ccc(S(=O)(=O)O)c13)OS2(=O)=O. The second kappa shape index (κ2) is 4.56. The Morgan fingerprint density at radius 2 is 1.70 bits per heavy atom. The van der Waals surface area contributed by atoms with Crippen LogP contribution < -0.4 is 8.37 Å². The molecule has 0 spiro atoms. The molecule has 1 N–H and O–H groups in total. The molecule has 0 fully saturated rings. The van der Waals surface area contributed by atoms with Crippen molar-refractivity contribution < 1.29 is 38.2 Å². The monoisotopic (exact) mass is 380 g/mol. The first kappa shape index (κ1) is 16.0. The lowest BCUT2D eigenvalue weighted by Gasteiger charge is -2.10. The molecule has 0 unspecified atom stereocenters. The van der Waals surface area contributed by atoms with Crippen molar-refractivity contribution in [3.8, 4) is 11.5 Å². The molecule has 0 saturated carbocycles. The normalized spacial score (nSPS) is 16.3. The summed E-state index contributed by atoms with van der Waals surface area (Å²) in [6, 6.07) is 3.95. The third kappa shape index (κ3) is 2.63. The summed E-state index contributed by atoms with van der Waals surface area (Å²) in [6.07, 6.45) is 0.733. The van der Waals surface area contributed by atoms with E-state index in [2.05, 4.69) is 0 Å². The van der Waals surface area contributed by atoms with Crippen molar-refractivity contribution in [3.63, 3.8) is 0 Å².